The van der Waals surface area contributed by atoms with Crippen molar-refractivity contribution in [1.29, 1.82) is 0 Å². The highest BCUT2D eigenvalue weighted by atomic mass is 32.2. The van der Waals surface area contributed by atoms with Crippen LogP contribution in [0.3, 0.4) is 0 Å². The van der Waals surface area contributed by atoms with Crippen molar-refractivity contribution in [1.82, 2.24) is 9.62 Å². The molecule has 3 rings (SSSR count). The number of hydrogen-bond donors (Lipinski definition) is 1. The maximum absolute atomic E-state index is 13.3. The number of nitrogens with zero attached hydrogens (tertiary/aromatic N) is 1. The van der Waals surface area contributed by atoms with Gasteiger partial charge in [0.2, 0.25) is 15.9 Å². The van der Waals surface area contributed by atoms with Crippen molar-refractivity contribution < 1.29 is 22.0 Å². The van der Waals surface area contributed by atoms with Crippen LogP contribution in [0.15, 0.2) is 52.0 Å². The largest absolute Gasteiger partial charge is 0.467 e. The molecule has 0 bridgehead atoms. The number of amides is 1. The average Bonchev–Trinajstić information content (AvgIpc) is 3.13. The summed E-state index contributed by atoms with van der Waals surface area (Å²) in [6.07, 6.45) is 2.40. The van der Waals surface area contributed by atoms with Crippen LogP contribution < -0.4 is 5.32 Å². The predicted octanol–water partition coefficient (Wildman–Crippen LogP) is 2.14. The van der Waals surface area contributed by atoms with E-state index in [1.54, 1.807) is 12.1 Å². The van der Waals surface area contributed by atoms with Gasteiger partial charge in [-0.1, -0.05) is 6.07 Å². The summed E-state index contributed by atoms with van der Waals surface area (Å²) >= 11 is 0. The van der Waals surface area contributed by atoms with Gasteiger partial charge in [-0.25, -0.2) is 12.8 Å². The number of sulfonamides is 1. The van der Waals surface area contributed by atoms with Gasteiger partial charge in [-0.2, -0.15) is 4.31 Å². The van der Waals surface area contributed by atoms with Gasteiger partial charge in [0.05, 0.1) is 17.7 Å². The van der Waals surface area contributed by atoms with Crippen LogP contribution in [0, 0.1) is 11.7 Å². The van der Waals surface area contributed by atoms with Gasteiger partial charge in [0.15, 0.2) is 0 Å². The van der Waals surface area contributed by atoms with E-state index in [-0.39, 0.29) is 29.8 Å². The Labute approximate surface area is 145 Å². The summed E-state index contributed by atoms with van der Waals surface area (Å²) in [5.74, 6) is -0.277. The molecule has 0 aliphatic carbocycles. The number of carbonyl (C=O) groups is 1. The lowest BCUT2D eigenvalue weighted by atomic mass is 9.97. The molecule has 134 valence electrons. The lowest BCUT2D eigenvalue weighted by Gasteiger charge is -2.30. The minimum absolute atomic E-state index is 0.0618. The summed E-state index contributed by atoms with van der Waals surface area (Å²) in [5, 5.41) is 2.80. The van der Waals surface area contributed by atoms with E-state index in [4.69, 9.17) is 4.42 Å². The van der Waals surface area contributed by atoms with E-state index in [1.165, 1.54) is 28.8 Å². The van der Waals surface area contributed by atoms with Crippen LogP contribution in [-0.2, 0) is 21.4 Å². The highest BCUT2D eigenvalue weighted by molar-refractivity contribution is 7.89. The summed E-state index contributed by atoms with van der Waals surface area (Å²) in [6, 6.07) is 8.48. The van der Waals surface area contributed by atoms with E-state index in [0.717, 1.165) is 6.07 Å². The van der Waals surface area contributed by atoms with Crippen LogP contribution in [0.5, 0.6) is 0 Å². The van der Waals surface area contributed by atoms with E-state index in [2.05, 4.69) is 5.32 Å². The molecule has 1 fully saturated rings. The molecule has 1 saturated heterocycles. The molecule has 1 amide bonds. The lowest BCUT2D eigenvalue weighted by Crippen LogP contribution is -2.42. The van der Waals surface area contributed by atoms with E-state index in [9.17, 15) is 17.6 Å². The average molecular weight is 366 g/mol. The van der Waals surface area contributed by atoms with Gasteiger partial charge in [0.1, 0.15) is 11.6 Å². The zero-order valence-electron chi connectivity index (χ0n) is 13.5. The SMILES string of the molecule is O=C(NCc1ccco1)C1CCN(S(=O)(=O)c2cccc(F)c2)CC1. The van der Waals surface area contributed by atoms with Crippen LogP contribution >= 0.6 is 0 Å². The molecule has 0 saturated carbocycles. The standard InChI is InChI=1S/C17H19FN2O4S/c18-14-3-1-5-16(11-14)25(22,23)20-8-6-13(7-9-20)17(21)19-12-15-4-2-10-24-15/h1-5,10-11,13H,6-9,12H2,(H,19,21). The number of piperidine rings is 1. The molecule has 1 aliphatic heterocycles. The second-order valence-corrected chi connectivity index (χ2v) is 7.87. The number of halogens is 1. The Hall–Kier alpha value is -2.19. The van der Waals surface area contributed by atoms with Crippen LogP contribution in [0.2, 0.25) is 0 Å². The van der Waals surface area contributed by atoms with Gasteiger partial charge in [-0.05, 0) is 43.2 Å². The molecule has 25 heavy (non-hydrogen) atoms. The summed E-state index contributed by atoms with van der Waals surface area (Å²) in [7, 11) is -3.73. The first-order valence-electron chi connectivity index (χ1n) is 8.02. The molecule has 1 N–H and O–H groups in total. The first-order valence-corrected chi connectivity index (χ1v) is 9.46. The number of hydrogen-bond acceptors (Lipinski definition) is 4. The highest BCUT2D eigenvalue weighted by Gasteiger charge is 2.32. The fourth-order valence-electron chi connectivity index (χ4n) is 2.87. The normalized spacial score (nSPS) is 16.7. The van der Waals surface area contributed by atoms with Crippen molar-refractivity contribution in [2.45, 2.75) is 24.3 Å². The Bertz CT molecular complexity index is 828. The van der Waals surface area contributed by atoms with Crippen molar-refractivity contribution >= 4 is 15.9 Å². The summed E-state index contributed by atoms with van der Waals surface area (Å²) in [6.45, 7) is 0.781. The summed E-state index contributed by atoms with van der Waals surface area (Å²) in [5.41, 5.74) is 0. The molecule has 1 aliphatic rings. The van der Waals surface area contributed by atoms with Crippen LogP contribution in [0.4, 0.5) is 4.39 Å². The monoisotopic (exact) mass is 366 g/mol. The fourth-order valence-corrected chi connectivity index (χ4v) is 4.37. The zero-order chi connectivity index (χ0) is 17.9. The first-order chi connectivity index (χ1) is 12.0. The van der Waals surface area contributed by atoms with E-state index in [1.807, 2.05) is 0 Å². The number of nitrogens with one attached hydrogen (secondary N) is 1. The number of furan rings is 1. The molecule has 0 radical (unpaired) electrons. The Kier molecular flexibility index (Phi) is 5.19. The van der Waals surface area contributed by atoms with Gasteiger partial charge in [-0.3, -0.25) is 4.79 Å². The minimum atomic E-state index is -3.73. The Morgan fingerprint density at radius 2 is 2.00 bits per heavy atom. The molecule has 1 aromatic carbocycles. The van der Waals surface area contributed by atoms with E-state index >= 15 is 0 Å². The van der Waals surface area contributed by atoms with Crippen molar-refractivity contribution in [2.24, 2.45) is 5.92 Å². The van der Waals surface area contributed by atoms with Crippen molar-refractivity contribution in [3.63, 3.8) is 0 Å². The molecule has 2 heterocycles. The summed E-state index contributed by atoms with van der Waals surface area (Å²) < 4.78 is 44.8. The molecular formula is C17H19FN2O4S. The summed E-state index contributed by atoms with van der Waals surface area (Å²) in [4.78, 5) is 12.1. The van der Waals surface area contributed by atoms with Gasteiger partial charge >= 0.3 is 0 Å². The van der Waals surface area contributed by atoms with Gasteiger partial charge in [0, 0.05) is 19.0 Å². The van der Waals surface area contributed by atoms with Crippen molar-refractivity contribution in [3.8, 4) is 0 Å². The predicted molar refractivity (Wildman–Crippen MR) is 88.4 cm³/mol. The highest BCUT2D eigenvalue weighted by Crippen LogP contribution is 2.24. The maximum Gasteiger partial charge on any atom is 0.243 e. The van der Waals surface area contributed by atoms with Crippen LogP contribution in [0.25, 0.3) is 0 Å². The Morgan fingerprint density at radius 3 is 2.64 bits per heavy atom. The Morgan fingerprint density at radius 1 is 1.24 bits per heavy atom. The number of rotatable bonds is 5. The third-order valence-electron chi connectivity index (χ3n) is 4.28. The van der Waals surface area contributed by atoms with Crippen LogP contribution in [-0.4, -0.2) is 31.7 Å². The molecule has 0 unspecified atom stereocenters. The molecular weight excluding hydrogens is 347 g/mol. The van der Waals surface area contributed by atoms with E-state index in [0.29, 0.717) is 25.1 Å². The molecule has 6 nitrogen and oxygen atoms in total. The number of carbonyl (C=O) groups excluding carboxylic acids is 1. The van der Waals surface area contributed by atoms with Gasteiger partial charge < -0.3 is 9.73 Å². The first kappa shape index (κ1) is 17.6. The lowest BCUT2D eigenvalue weighted by molar-refractivity contribution is -0.126. The second-order valence-electron chi connectivity index (χ2n) is 5.93. The maximum atomic E-state index is 13.3. The molecule has 1 aromatic heterocycles. The molecule has 0 spiro atoms. The smallest absolute Gasteiger partial charge is 0.243 e. The zero-order valence-corrected chi connectivity index (χ0v) is 14.3. The van der Waals surface area contributed by atoms with Crippen molar-refractivity contribution in [3.05, 3.63) is 54.2 Å². The van der Waals surface area contributed by atoms with Gasteiger partial charge in [-0.15, -0.1) is 0 Å². The molecule has 0 atom stereocenters. The van der Waals surface area contributed by atoms with E-state index < -0.39 is 15.8 Å². The Balaban J connectivity index is 1.57. The number of benzene rings is 1. The topological polar surface area (TPSA) is 79.6 Å². The third-order valence-corrected chi connectivity index (χ3v) is 6.17. The van der Waals surface area contributed by atoms with Crippen LogP contribution in [0.1, 0.15) is 18.6 Å². The minimum Gasteiger partial charge on any atom is -0.467 e. The molecule has 2 aromatic rings. The third kappa shape index (κ3) is 4.08. The quantitative estimate of drug-likeness (QED) is 0.879. The van der Waals surface area contributed by atoms with Gasteiger partial charge in [0.25, 0.3) is 0 Å². The molecule has 8 heteroatoms. The van der Waals surface area contributed by atoms with Crippen molar-refractivity contribution in [2.75, 3.05) is 13.1 Å². The second kappa shape index (κ2) is 7.37. The fraction of sp³-hybridized carbons (Fsp3) is 0.353.